The molecule has 0 heterocycles. The molecule has 8 nitrogen and oxygen atoms in total. The first-order valence-corrected chi connectivity index (χ1v) is 6.74. The molecule has 0 spiro atoms. The maximum Gasteiger partial charge on any atom is 0.205 e. The van der Waals surface area contributed by atoms with E-state index in [1.807, 2.05) is 0 Å². The second-order valence-electron chi connectivity index (χ2n) is 4.85. The van der Waals surface area contributed by atoms with Gasteiger partial charge in [0.2, 0.25) is 11.5 Å². The summed E-state index contributed by atoms with van der Waals surface area (Å²) in [4.78, 5) is 0. The molecular weight excluding hydrogens is 328 g/mol. The number of hydrogen-bond donors (Lipinski definition) is 5. The van der Waals surface area contributed by atoms with E-state index < -0.39 is 28.7 Å². The number of ether oxygens (including phenoxy) is 1. The molecule has 8 heteroatoms. The molecule has 0 fully saturated rings. The Hall–Kier alpha value is -4.04. The van der Waals surface area contributed by atoms with Gasteiger partial charge in [0, 0.05) is 5.56 Å². The number of rotatable bonds is 3. The molecule has 0 aromatic heterocycles. The minimum Gasteiger partial charge on any atom is -0.504 e. The number of allylic oxidation sites excluding steroid dienone is 2. The Bertz CT molecular complexity index is 967. The Kier molecular flexibility index (Phi) is 4.57. The Morgan fingerprint density at radius 3 is 2.00 bits per heavy atom. The number of nitrogens with zero attached hydrogens (tertiary/aromatic N) is 2. The maximum atomic E-state index is 9.89. The number of phenols is 5. The standard InChI is InChI=1S/C17H12N2O6/c1-25-17-9(5-14(22)15(23)16(17)24)11(7-19)10(6-18)8-2-3-12(20)13(21)4-8/h2-5,20-24H,1H3/b11-10-. The topological polar surface area (TPSA) is 158 Å². The van der Waals surface area contributed by atoms with Crippen molar-refractivity contribution in [1.29, 1.82) is 10.5 Å². The summed E-state index contributed by atoms with van der Waals surface area (Å²) in [6.45, 7) is 0. The van der Waals surface area contributed by atoms with Crippen molar-refractivity contribution in [2.24, 2.45) is 0 Å². The Labute approximate surface area is 141 Å². The van der Waals surface area contributed by atoms with E-state index in [9.17, 15) is 36.1 Å². The van der Waals surface area contributed by atoms with Gasteiger partial charge in [-0.15, -0.1) is 0 Å². The third-order valence-corrected chi connectivity index (χ3v) is 3.42. The van der Waals surface area contributed by atoms with E-state index in [4.69, 9.17) is 4.74 Å². The average molecular weight is 340 g/mol. The molecule has 0 aliphatic carbocycles. The van der Waals surface area contributed by atoms with Crippen molar-refractivity contribution in [3.05, 3.63) is 35.4 Å². The second kappa shape index (κ2) is 6.60. The van der Waals surface area contributed by atoms with Gasteiger partial charge in [0.25, 0.3) is 0 Å². The SMILES string of the molecule is COc1c(/C(C#N)=C(/C#N)c2ccc(O)c(O)c2)cc(O)c(O)c1O. The first kappa shape index (κ1) is 17.3. The van der Waals surface area contributed by atoms with Crippen molar-refractivity contribution in [2.75, 3.05) is 7.11 Å². The van der Waals surface area contributed by atoms with E-state index in [0.717, 1.165) is 18.2 Å². The third-order valence-electron chi connectivity index (χ3n) is 3.42. The molecule has 0 amide bonds. The molecule has 0 saturated carbocycles. The summed E-state index contributed by atoms with van der Waals surface area (Å²) in [6, 6.07) is 8.07. The predicted molar refractivity (Wildman–Crippen MR) is 85.8 cm³/mol. The van der Waals surface area contributed by atoms with Crippen LogP contribution in [-0.2, 0) is 0 Å². The number of nitriles is 2. The zero-order chi connectivity index (χ0) is 18.7. The van der Waals surface area contributed by atoms with Gasteiger partial charge in [0.15, 0.2) is 23.0 Å². The number of hydrogen-bond acceptors (Lipinski definition) is 8. The van der Waals surface area contributed by atoms with Gasteiger partial charge in [0.05, 0.1) is 18.3 Å². The van der Waals surface area contributed by atoms with Crippen LogP contribution in [0, 0.1) is 22.7 Å². The van der Waals surface area contributed by atoms with E-state index in [0.29, 0.717) is 0 Å². The summed E-state index contributed by atoms with van der Waals surface area (Å²) < 4.78 is 4.96. The van der Waals surface area contributed by atoms with Gasteiger partial charge in [0.1, 0.15) is 12.1 Å². The van der Waals surface area contributed by atoms with Crippen molar-refractivity contribution in [1.82, 2.24) is 0 Å². The highest BCUT2D eigenvalue weighted by atomic mass is 16.5. The number of aromatic hydroxyl groups is 5. The van der Waals surface area contributed by atoms with E-state index in [1.54, 1.807) is 12.1 Å². The zero-order valence-electron chi connectivity index (χ0n) is 12.8. The van der Waals surface area contributed by atoms with Crippen molar-refractivity contribution >= 4 is 11.1 Å². The lowest BCUT2D eigenvalue weighted by Crippen LogP contribution is -1.95. The Balaban J connectivity index is 2.85. The first-order valence-electron chi connectivity index (χ1n) is 6.74. The van der Waals surface area contributed by atoms with Crippen LogP contribution in [0.15, 0.2) is 24.3 Å². The molecule has 0 atom stereocenters. The van der Waals surface area contributed by atoms with Gasteiger partial charge in [-0.05, 0) is 29.8 Å². The molecule has 5 N–H and O–H groups in total. The normalized spacial score (nSPS) is 11.2. The summed E-state index contributed by atoms with van der Waals surface area (Å²) in [5, 5.41) is 67.0. The lowest BCUT2D eigenvalue weighted by molar-refractivity contribution is 0.335. The molecule has 25 heavy (non-hydrogen) atoms. The molecular formula is C17H12N2O6. The molecule has 0 saturated heterocycles. The number of benzene rings is 2. The maximum absolute atomic E-state index is 9.89. The largest absolute Gasteiger partial charge is 0.504 e. The molecule has 126 valence electrons. The van der Waals surface area contributed by atoms with Crippen molar-refractivity contribution < 1.29 is 30.3 Å². The highest BCUT2D eigenvalue weighted by molar-refractivity contribution is 6.04. The van der Waals surface area contributed by atoms with Crippen LogP contribution in [0.4, 0.5) is 0 Å². The van der Waals surface area contributed by atoms with Crippen LogP contribution in [0.25, 0.3) is 11.1 Å². The lowest BCUT2D eigenvalue weighted by Gasteiger charge is -2.13. The molecule has 2 rings (SSSR count). The monoisotopic (exact) mass is 340 g/mol. The minimum atomic E-state index is -0.835. The molecule has 0 aliphatic rings. The smallest absolute Gasteiger partial charge is 0.205 e. The highest BCUT2D eigenvalue weighted by Crippen LogP contribution is 2.47. The van der Waals surface area contributed by atoms with Crippen LogP contribution < -0.4 is 4.74 Å². The van der Waals surface area contributed by atoms with Crippen LogP contribution in [0.1, 0.15) is 11.1 Å². The third kappa shape index (κ3) is 2.92. The highest BCUT2D eigenvalue weighted by Gasteiger charge is 2.23. The van der Waals surface area contributed by atoms with Crippen LogP contribution >= 0.6 is 0 Å². The number of phenolic OH excluding ortho intramolecular Hbond substituents is 5. The predicted octanol–water partition coefficient (Wildman–Crippen LogP) is 2.18. The summed E-state index contributed by atoms with van der Waals surface area (Å²) >= 11 is 0. The van der Waals surface area contributed by atoms with Crippen LogP contribution in [0.2, 0.25) is 0 Å². The van der Waals surface area contributed by atoms with Gasteiger partial charge in [-0.1, -0.05) is 0 Å². The molecule has 0 bridgehead atoms. The molecule has 0 radical (unpaired) electrons. The van der Waals surface area contributed by atoms with E-state index in [-0.39, 0.29) is 28.0 Å². The van der Waals surface area contributed by atoms with E-state index >= 15 is 0 Å². The molecule has 2 aromatic rings. The van der Waals surface area contributed by atoms with Gasteiger partial charge in [-0.25, -0.2) is 0 Å². The van der Waals surface area contributed by atoms with Crippen LogP contribution in [0.3, 0.4) is 0 Å². The summed E-state index contributed by atoms with van der Waals surface area (Å²) in [6.07, 6.45) is 0. The Morgan fingerprint density at radius 1 is 0.840 bits per heavy atom. The zero-order valence-corrected chi connectivity index (χ0v) is 12.8. The second-order valence-corrected chi connectivity index (χ2v) is 4.85. The van der Waals surface area contributed by atoms with Crippen molar-refractivity contribution in [2.45, 2.75) is 0 Å². The van der Waals surface area contributed by atoms with Gasteiger partial charge in [-0.2, -0.15) is 10.5 Å². The summed E-state index contributed by atoms with van der Waals surface area (Å²) in [5.74, 6) is -3.56. The first-order chi connectivity index (χ1) is 11.8. The fraction of sp³-hybridized carbons (Fsp3) is 0.0588. The lowest BCUT2D eigenvalue weighted by atomic mass is 9.94. The summed E-state index contributed by atoms with van der Waals surface area (Å²) in [7, 11) is 1.17. The molecule has 2 aromatic carbocycles. The fourth-order valence-corrected chi connectivity index (χ4v) is 2.21. The van der Waals surface area contributed by atoms with Gasteiger partial charge < -0.3 is 30.3 Å². The van der Waals surface area contributed by atoms with Crippen LogP contribution in [-0.4, -0.2) is 32.6 Å². The quantitative estimate of drug-likeness (QED) is 0.323. The number of methoxy groups -OCH3 is 1. The molecule has 0 aliphatic heterocycles. The summed E-state index contributed by atoms with van der Waals surface area (Å²) in [5.41, 5.74) is -0.513. The fourth-order valence-electron chi connectivity index (χ4n) is 2.21. The average Bonchev–Trinajstić information content (AvgIpc) is 2.60. The van der Waals surface area contributed by atoms with E-state index in [1.165, 1.54) is 13.2 Å². The Morgan fingerprint density at radius 2 is 1.48 bits per heavy atom. The van der Waals surface area contributed by atoms with Crippen molar-refractivity contribution in [3.63, 3.8) is 0 Å². The van der Waals surface area contributed by atoms with Gasteiger partial charge in [-0.3, -0.25) is 0 Å². The van der Waals surface area contributed by atoms with E-state index in [2.05, 4.69) is 0 Å². The molecule has 0 unspecified atom stereocenters. The van der Waals surface area contributed by atoms with Crippen LogP contribution in [0.5, 0.6) is 34.5 Å². The van der Waals surface area contributed by atoms with Gasteiger partial charge >= 0.3 is 0 Å². The minimum absolute atomic E-state index is 0.114. The van der Waals surface area contributed by atoms with Crippen molar-refractivity contribution in [3.8, 4) is 46.6 Å².